The molecule has 2 aliphatic rings. The molecule has 0 aliphatic heterocycles. The lowest BCUT2D eigenvalue weighted by atomic mass is 9.78. The van der Waals surface area contributed by atoms with E-state index in [2.05, 4.69) is 21.7 Å². The molecular weight excluding hydrogens is 216 g/mol. The van der Waals surface area contributed by atoms with E-state index in [4.69, 9.17) is 5.73 Å². The van der Waals surface area contributed by atoms with E-state index < -0.39 is 0 Å². The van der Waals surface area contributed by atoms with Gasteiger partial charge in [0.1, 0.15) is 0 Å². The van der Waals surface area contributed by atoms with E-state index in [1.165, 1.54) is 31.2 Å². The van der Waals surface area contributed by atoms with Gasteiger partial charge in [-0.25, -0.2) is 0 Å². The molecule has 0 aromatic carbocycles. The van der Waals surface area contributed by atoms with Crippen molar-refractivity contribution in [2.45, 2.75) is 44.3 Å². The molecule has 2 fully saturated rings. The first-order valence-electron chi connectivity index (χ1n) is 6.35. The fourth-order valence-corrected chi connectivity index (χ4v) is 3.44. The number of hydrogen-bond donors (Lipinski definition) is 1. The first-order valence-corrected chi connectivity index (χ1v) is 7.29. The third kappa shape index (κ3) is 2.04. The Bertz CT molecular complexity index is 330. The topological polar surface area (TPSA) is 29.3 Å². The van der Waals surface area contributed by atoms with Gasteiger partial charge in [0.15, 0.2) is 0 Å². The molecule has 16 heavy (non-hydrogen) atoms. The Balaban J connectivity index is 1.67. The van der Waals surface area contributed by atoms with Crippen LogP contribution in [0.15, 0.2) is 16.8 Å². The predicted molar refractivity (Wildman–Crippen MR) is 68.5 cm³/mol. The summed E-state index contributed by atoms with van der Waals surface area (Å²) < 4.78 is 0. The van der Waals surface area contributed by atoms with Crippen molar-refractivity contribution in [2.75, 3.05) is 6.54 Å². The van der Waals surface area contributed by atoms with Crippen LogP contribution in [-0.2, 0) is 6.54 Å². The second-order valence-electron chi connectivity index (χ2n) is 5.18. The minimum atomic E-state index is 0.763. The number of hydrogen-bond acceptors (Lipinski definition) is 3. The number of rotatable bonds is 5. The molecule has 2 aliphatic carbocycles. The SMILES string of the molecule is NCC1CCC1N(Cc1ccsc1)C1CC1. The molecule has 88 valence electrons. The van der Waals surface area contributed by atoms with E-state index in [1.54, 1.807) is 11.3 Å². The van der Waals surface area contributed by atoms with Crippen molar-refractivity contribution >= 4 is 11.3 Å². The van der Waals surface area contributed by atoms with E-state index in [9.17, 15) is 0 Å². The zero-order valence-electron chi connectivity index (χ0n) is 9.64. The van der Waals surface area contributed by atoms with Crippen LogP contribution in [0.3, 0.4) is 0 Å². The van der Waals surface area contributed by atoms with Crippen molar-refractivity contribution in [3.8, 4) is 0 Å². The highest BCUT2D eigenvalue weighted by Gasteiger charge is 2.41. The van der Waals surface area contributed by atoms with Gasteiger partial charge in [-0.2, -0.15) is 11.3 Å². The average molecular weight is 236 g/mol. The van der Waals surface area contributed by atoms with E-state index in [0.29, 0.717) is 0 Å². The summed E-state index contributed by atoms with van der Waals surface area (Å²) in [6.07, 6.45) is 5.51. The third-order valence-corrected chi connectivity index (χ3v) is 4.80. The summed E-state index contributed by atoms with van der Waals surface area (Å²) in [7, 11) is 0. The Hall–Kier alpha value is -0.380. The lowest BCUT2D eigenvalue weighted by Crippen LogP contribution is -2.50. The van der Waals surface area contributed by atoms with Crippen LogP contribution in [0.2, 0.25) is 0 Å². The van der Waals surface area contributed by atoms with Gasteiger partial charge in [0.2, 0.25) is 0 Å². The second kappa shape index (κ2) is 4.47. The van der Waals surface area contributed by atoms with Crippen LogP contribution >= 0.6 is 11.3 Å². The van der Waals surface area contributed by atoms with Gasteiger partial charge in [-0.05, 0) is 60.5 Å². The molecule has 0 bridgehead atoms. The standard InChI is InChI=1S/C13H20N2S/c14-7-11-1-4-13(11)15(12-2-3-12)8-10-5-6-16-9-10/h5-6,9,11-13H,1-4,7-8,14H2. The molecule has 2 atom stereocenters. The highest BCUT2D eigenvalue weighted by atomic mass is 32.1. The summed E-state index contributed by atoms with van der Waals surface area (Å²) in [4.78, 5) is 2.73. The molecule has 3 rings (SSSR count). The van der Waals surface area contributed by atoms with Crippen LogP contribution in [0.1, 0.15) is 31.2 Å². The molecular formula is C13H20N2S. The van der Waals surface area contributed by atoms with Gasteiger partial charge in [0.05, 0.1) is 0 Å². The summed E-state index contributed by atoms with van der Waals surface area (Å²) in [6, 6.07) is 3.90. The van der Waals surface area contributed by atoms with Gasteiger partial charge in [-0.1, -0.05) is 0 Å². The molecule has 0 spiro atoms. The van der Waals surface area contributed by atoms with Crippen LogP contribution in [0.5, 0.6) is 0 Å². The quantitative estimate of drug-likeness (QED) is 0.851. The predicted octanol–water partition coefficient (Wildman–Crippen LogP) is 2.45. The van der Waals surface area contributed by atoms with Crippen LogP contribution in [0, 0.1) is 5.92 Å². The van der Waals surface area contributed by atoms with Gasteiger partial charge in [0.25, 0.3) is 0 Å². The van der Waals surface area contributed by atoms with E-state index >= 15 is 0 Å². The van der Waals surface area contributed by atoms with Gasteiger partial charge < -0.3 is 5.73 Å². The minimum absolute atomic E-state index is 0.763. The smallest absolute Gasteiger partial charge is 0.0247 e. The monoisotopic (exact) mass is 236 g/mol. The molecule has 0 amide bonds. The first kappa shape index (κ1) is 10.8. The highest BCUT2D eigenvalue weighted by molar-refractivity contribution is 7.07. The lowest BCUT2D eigenvalue weighted by Gasteiger charge is -2.44. The average Bonchev–Trinajstić information content (AvgIpc) is 2.96. The van der Waals surface area contributed by atoms with Crippen molar-refractivity contribution in [1.82, 2.24) is 4.90 Å². The summed E-state index contributed by atoms with van der Waals surface area (Å²) in [6.45, 7) is 2.02. The second-order valence-corrected chi connectivity index (χ2v) is 5.96. The molecule has 2 nitrogen and oxygen atoms in total. The zero-order valence-corrected chi connectivity index (χ0v) is 10.5. The molecule has 1 heterocycles. The van der Waals surface area contributed by atoms with Crippen LogP contribution < -0.4 is 5.73 Å². The third-order valence-electron chi connectivity index (χ3n) is 4.07. The Morgan fingerprint density at radius 2 is 2.19 bits per heavy atom. The maximum Gasteiger partial charge on any atom is 0.0247 e. The highest BCUT2D eigenvalue weighted by Crippen LogP contribution is 2.39. The van der Waals surface area contributed by atoms with Crippen molar-refractivity contribution in [1.29, 1.82) is 0 Å². The molecule has 2 unspecified atom stereocenters. The van der Waals surface area contributed by atoms with E-state index in [-0.39, 0.29) is 0 Å². The molecule has 1 aromatic heterocycles. The molecule has 2 N–H and O–H groups in total. The molecule has 0 radical (unpaired) electrons. The van der Waals surface area contributed by atoms with Crippen molar-refractivity contribution in [3.05, 3.63) is 22.4 Å². The fourth-order valence-electron chi connectivity index (χ4n) is 2.78. The van der Waals surface area contributed by atoms with Gasteiger partial charge in [-0.3, -0.25) is 4.90 Å². The van der Waals surface area contributed by atoms with Crippen molar-refractivity contribution in [2.24, 2.45) is 11.7 Å². The minimum Gasteiger partial charge on any atom is -0.330 e. The number of nitrogens with zero attached hydrogens (tertiary/aromatic N) is 1. The maximum absolute atomic E-state index is 5.83. The Kier molecular flexibility index (Phi) is 3.01. The van der Waals surface area contributed by atoms with Crippen molar-refractivity contribution < 1.29 is 0 Å². The lowest BCUT2D eigenvalue weighted by molar-refractivity contribution is 0.0530. The Morgan fingerprint density at radius 1 is 1.31 bits per heavy atom. The Labute approximate surface area is 101 Å². The van der Waals surface area contributed by atoms with E-state index in [0.717, 1.165) is 31.1 Å². The zero-order chi connectivity index (χ0) is 11.0. The molecule has 2 saturated carbocycles. The van der Waals surface area contributed by atoms with Crippen LogP contribution in [0.25, 0.3) is 0 Å². The Morgan fingerprint density at radius 3 is 2.69 bits per heavy atom. The summed E-state index contributed by atoms with van der Waals surface area (Å²) in [5.41, 5.74) is 7.32. The summed E-state index contributed by atoms with van der Waals surface area (Å²) >= 11 is 1.81. The van der Waals surface area contributed by atoms with Gasteiger partial charge in [-0.15, -0.1) is 0 Å². The maximum atomic E-state index is 5.83. The summed E-state index contributed by atoms with van der Waals surface area (Å²) in [5, 5.41) is 4.47. The largest absolute Gasteiger partial charge is 0.330 e. The summed E-state index contributed by atoms with van der Waals surface area (Å²) in [5.74, 6) is 0.763. The van der Waals surface area contributed by atoms with Gasteiger partial charge >= 0.3 is 0 Å². The number of nitrogens with two attached hydrogens (primary N) is 1. The van der Waals surface area contributed by atoms with Gasteiger partial charge in [0, 0.05) is 18.6 Å². The fraction of sp³-hybridized carbons (Fsp3) is 0.692. The molecule has 1 aromatic rings. The number of thiophene rings is 1. The van der Waals surface area contributed by atoms with E-state index in [1.807, 2.05) is 0 Å². The molecule has 0 saturated heterocycles. The van der Waals surface area contributed by atoms with Crippen molar-refractivity contribution in [3.63, 3.8) is 0 Å². The molecule has 3 heteroatoms. The first-order chi connectivity index (χ1) is 7.88. The normalized spacial score (nSPS) is 29.4. The van der Waals surface area contributed by atoms with Crippen LogP contribution in [0.4, 0.5) is 0 Å². The van der Waals surface area contributed by atoms with Crippen LogP contribution in [-0.4, -0.2) is 23.5 Å².